The van der Waals surface area contributed by atoms with Gasteiger partial charge in [0.15, 0.2) is 6.04 Å². The third-order valence-electron chi connectivity index (χ3n) is 5.96. The molecule has 0 bridgehead atoms. The van der Waals surface area contributed by atoms with E-state index in [1.807, 2.05) is 6.07 Å². The number of thiophene rings is 1. The number of carbonyl (C=O) groups is 1. The van der Waals surface area contributed by atoms with Crippen LogP contribution in [0, 0.1) is 0 Å². The fourth-order valence-corrected chi connectivity index (χ4v) is 5.59. The van der Waals surface area contributed by atoms with Gasteiger partial charge in [-0.15, -0.1) is 11.3 Å². The maximum Gasteiger partial charge on any atom is 0.331 e. The Balaban J connectivity index is 2.00. The Labute approximate surface area is 179 Å². The Morgan fingerprint density at radius 3 is 2.57 bits per heavy atom. The highest BCUT2D eigenvalue weighted by Crippen LogP contribution is 2.34. The predicted molar refractivity (Wildman–Crippen MR) is 119 cm³/mol. The summed E-state index contributed by atoms with van der Waals surface area (Å²) in [5.41, 5.74) is 1.44. The molecule has 0 radical (unpaired) electrons. The second-order valence-corrected chi connectivity index (χ2v) is 8.79. The van der Waals surface area contributed by atoms with Crippen molar-refractivity contribution in [2.45, 2.75) is 52.1 Å². The van der Waals surface area contributed by atoms with Crippen LogP contribution in [0.1, 0.15) is 54.6 Å². The number of carboxylic acids is 1. The van der Waals surface area contributed by atoms with Crippen LogP contribution in [0.25, 0.3) is 10.2 Å². The fourth-order valence-electron chi connectivity index (χ4n) is 4.32. The SMILES string of the molecule is CCN(CC)Cc1nc2sc3c(c2c(=O)n1C(C(=O)O)c1ccccc1)CCCC3. The van der Waals surface area contributed by atoms with Crippen molar-refractivity contribution in [3.8, 4) is 0 Å². The number of fused-ring (bicyclic) bond motifs is 3. The highest BCUT2D eigenvalue weighted by atomic mass is 32.1. The summed E-state index contributed by atoms with van der Waals surface area (Å²) in [7, 11) is 0. The highest BCUT2D eigenvalue weighted by Gasteiger charge is 2.30. The van der Waals surface area contributed by atoms with E-state index in [-0.39, 0.29) is 5.56 Å². The van der Waals surface area contributed by atoms with E-state index < -0.39 is 12.0 Å². The molecule has 2 aromatic heterocycles. The average molecular weight is 426 g/mol. The number of rotatable bonds is 7. The van der Waals surface area contributed by atoms with Gasteiger partial charge in [0.05, 0.1) is 11.9 Å². The monoisotopic (exact) mass is 425 g/mol. The zero-order valence-electron chi connectivity index (χ0n) is 17.4. The van der Waals surface area contributed by atoms with Crippen LogP contribution in [0.2, 0.25) is 0 Å². The Kier molecular flexibility index (Phi) is 6.01. The minimum Gasteiger partial charge on any atom is -0.479 e. The summed E-state index contributed by atoms with van der Waals surface area (Å²) in [6.07, 6.45) is 4.02. The standard InChI is InChI=1S/C23H27N3O3S/c1-3-25(4-2)14-18-24-21-19(16-12-8-9-13-17(16)30-21)22(27)26(18)20(23(28)29)15-10-6-5-7-11-15/h5-7,10-11,20H,3-4,8-9,12-14H2,1-2H3,(H,28,29). The van der Waals surface area contributed by atoms with Crippen molar-refractivity contribution in [2.75, 3.05) is 13.1 Å². The Morgan fingerprint density at radius 2 is 1.90 bits per heavy atom. The fraction of sp³-hybridized carbons (Fsp3) is 0.435. The van der Waals surface area contributed by atoms with Crippen molar-refractivity contribution in [3.05, 3.63) is 62.5 Å². The van der Waals surface area contributed by atoms with E-state index >= 15 is 0 Å². The second-order valence-electron chi connectivity index (χ2n) is 7.71. The van der Waals surface area contributed by atoms with E-state index in [1.165, 1.54) is 9.44 Å². The maximum absolute atomic E-state index is 13.8. The molecule has 1 atom stereocenters. The summed E-state index contributed by atoms with van der Waals surface area (Å²) in [5.74, 6) is -0.527. The normalized spacial score (nSPS) is 14.8. The number of nitrogens with zero attached hydrogens (tertiary/aromatic N) is 3. The van der Waals surface area contributed by atoms with Gasteiger partial charge in [-0.25, -0.2) is 9.78 Å². The first-order valence-corrected chi connectivity index (χ1v) is 11.4. The molecule has 3 aromatic rings. The summed E-state index contributed by atoms with van der Waals surface area (Å²) < 4.78 is 1.43. The van der Waals surface area contributed by atoms with E-state index in [4.69, 9.17) is 4.98 Å². The van der Waals surface area contributed by atoms with Crippen molar-refractivity contribution in [1.29, 1.82) is 0 Å². The molecule has 1 aromatic carbocycles. The van der Waals surface area contributed by atoms with Gasteiger partial charge in [-0.1, -0.05) is 44.2 Å². The van der Waals surface area contributed by atoms with E-state index in [1.54, 1.807) is 35.6 Å². The molecule has 7 heteroatoms. The van der Waals surface area contributed by atoms with Crippen LogP contribution in [-0.2, 0) is 24.2 Å². The molecule has 0 amide bonds. The molecule has 4 rings (SSSR count). The van der Waals surface area contributed by atoms with Crippen LogP contribution in [0.3, 0.4) is 0 Å². The molecule has 158 valence electrons. The summed E-state index contributed by atoms with van der Waals surface area (Å²) in [6.45, 7) is 6.15. The van der Waals surface area contributed by atoms with Crippen LogP contribution in [0.15, 0.2) is 35.1 Å². The second kappa shape index (κ2) is 8.70. The zero-order valence-corrected chi connectivity index (χ0v) is 18.2. The van der Waals surface area contributed by atoms with Gasteiger partial charge in [0, 0.05) is 4.88 Å². The van der Waals surface area contributed by atoms with Gasteiger partial charge in [-0.3, -0.25) is 14.3 Å². The van der Waals surface area contributed by atoms with Crippen LogP contribution in [0.4, 0.5) is 0 Å². The molecule has 1 aliphatic carbocycles. The lowest BCUT2D eigenvalue weighted by Gasteiger charge is -2.24. The molecule has 1 aliphatic rings. The smallest absolute Gasteiger partial charge is 0.331 e. The molecule has 0 saturated heterocycles. The van der Waals surface area contributed by atoms with Crippen molar-refractivity contribution in [2.24, 2.45) is 0 Å². The molecule has 0 saturated carbocycles. The van der Waals surface area contributed by atoms with E-state index in [0.717, 1.165) is 49.2 Å². The lowest BCUT2D eigenvalue weighted by atomic mass is 9.97. The van der Waals surface area contributed by atoms with Crippen molar-refractivity contribution < 1.29 is 9.90 Å². The minimum absolute atomic E-state index is 0.224. The van der Waals surface area contributed by atoms with E-state index in [0.29, 0.717) is 23.3 Å². The van der Waals surface area contributed by atoms with Gasteiger partial charge in [0.2, 0.25) is 0 Å². The van der Waals surface area contributed by atoms with Crippen molar-refractivity contribution >= 4 is 27.5 Å². The molecule has 0 fully saturated rings. The third-order valence-corrected chi connectivity index (χ3v) is 7.15. The molecule has 0 spiro atoms. The topological polar surface area (TPSA) is 75.4 Å². The molecular weight excluding hydrogens is 398 g/mol. The molecule has 30 heavy (non-hydrogen) atoms. The summed E-state index contributed by atoms with van der Waals surface area (Å²) in [5, 5.41) is 10.8. The van der Waals surface area contributed by atoms with E-state index in [9.17, 15) is 14.7 Å². The number of benzene rings is 1. The Bertz CT molecular complexity index is 1120. The lowest BCUT2D eigenvalue weighted by molar-refractivity contribution is -0.139. The maximum atomic E-state index is 13.8. The first kappa shape index (κ1) is 20.8. The summed E-state index contributed by atoms with van der Waals surface area (Å²) in [4.78, 5) is 35.2. The molecule has 1 N–H and O–H groups in total. The summed E-state index contributed by atoms with van der Waals surface area (Å²) >= 11 is 1.60. The molecular formula is C23H27N3O3S. The summed E-state index contributed by atoms with van der Waals surface area (Å²) in [6, 6.07) is 7.88. The van der Waals surface area contributed by atoms with Gasteiger partial charge >= 0.3 is 5.97 Å². The number of aryl methyl sites for hydroxylation is 2. The Hall–Kier alpha value is -2.51. The number of hydrogen-bond acceptors (Lipinski definition) is 5. The highest BCUT2D eigenvalue weighted by molar-refractivity contribution is 7.18. The molecule has 0 aliphatic heterocycles. The largest absolute Gasteiger partial charge is 0.479 e. The quantitative estimate of drug-likeness (QED) is 0.622. The van der Waals surface area contributed by atoms with E-state index in [2.05, 4.69) is 18.7 Å². The van der Waals surface area contributed by atoms with Crippen molar-refractivity contribution in [3.63, 3.8) is 0 Å². The number of aliphatic carboxylic acids is 1. The molecule has 1 unspecified atom stereocenters. The van der Waals surface area contributed by atoms with Gasteiger partial charge in [-0.05, 0) is 49.9 Å². The number of aromatic nitrogens is 2. The van der Waals surface area contributed by atoms with Crippen LogP contribution in [0.5, 0.6) is 0 Å². The zero-order chi connectivity index (χ0) is 21.3. The third kappa shape index (κ3) is 3.68. The van der Waals surface area contributed by atoms with Gasteiger partial charge in [0.1, 0.15) is 10.7 Å². The molecule has 2 heterocycles. The van der Waals surface area contributed by atoms with Crippen LogP contribution < -0.4 is 5.56 Å². The predicted octanol–water partition coefficient (Wildman–Crippen LogP) is 3.85. The average Bonchev–Trinajstić information content (AvgIpc) is 3.13. The molecule has 6 nitrogen and oxygen atoms in total. The van der Waals surface area contributed by atoms with Crippen LogP contribution in [-0.4, -0.2) is 38.6 Å². The first-order chi connectivity index (χ1) is 14.5. The van der Waals surface area contributed by atoms with Gasteiger partial charge in [-0.2, -0.15) is 0 Å². The van der Waals surface area contributed by atoms with Crippen LogP contribution >= 0.6 is 11.3 Å². The van der Waals surface area contributed by atoms with Gasteiger partial charge < -0.3 is 5.11 Å². The van der Waals surface area contributed by atoms with Gasteiger partial charge in [0.25, 0.3) is 5.56 Å². The minimum atomic E-state index is -1.10. The Morgan fingerprint density at radius 1 is 1.20 bits per heavy atom. The number of carboxylic acid groups (broad SMARTS) is 1. The lowest BCUT2D eigenvalue weighted by Crippen LogP contribution is -2.36. The number of hydrogen-bond donors (Lipinski definition) is 1. The first-order valence-electron chi connectivity index (χ1n) is 10.6. The van der Waals surface area contributed by atoms with Crippen molar-refractivity contribution in [1.82, 2.24) is 14.5 Å².